The second kappa shape index (κ2) is 5.63. The van der Waals surface area contributed by atoms with Crippen LogP contribution in [0.15, 0.2) is 4.99 Å². The van der Waals surface area contributed by atoms with Gasteiger partial charge in [-0.05, 0) is 26.7 Å². The van der Waals surface area contributed by atoms with Crippen LogP contribution >= 0.6 is 0 Å². The van der Waals surface area contributed by atoms with Gasteiger partial charge in [-0.3, -0.25) is 0 Å². The van der Waals surface area contributed by atoms with Crippen molar-refractivity contribution in [3.8, 4) is 0 Å². The summed E-state index contributed by atoms with van der Waals surface area (Å²) in [7, 11) is 1.93. The molecule has 0 radical (unpaired) electrons. The van der Waals surface area contributed by atoms with Crippen LogP contribution in [0, 0.1) is 0 Å². The Balaban J connectivity index is 2.56. The molecule has 2 nitrogen and oxygen atoms in total. The van der Waals surface area contributed by atoms with Crippen LogP contribution in [0.4, 0.5) is 0 Å². The highest BCUT2D eigenvalue weighted by Gasteiger charge is 1.76. The van der Waals surface area contributed by atoms with E-state index in [0.717, 1.165) is 19.5 Å². The van der Waals surface area contributed by atoms with E-state index in [9.17, 15) is 0 Å². The van der Waals surface area contributed by atoms with Gasteiger partial charge >= 0.3 is 0 Å². The predicted molar refractivity (Wildman–Crippen MR) is 33.0 cm³/mol. The van der Waals surface area contributed by atoms with Crippen LogP contribution < -0.4 is 5.32 Å². The number of nitrogens with one attached hydrogen (secondary N) is 1. The molecule has 0 amide bonds. The average Bonchev–Trinajstić information content (AvgIpc) is 1.69. The molecule has 0 unspecified atom stereocenters. The molecule has 0 aliphatic heterocycles. The Hall–Kier alpha value is -0.370. The van der Waals surface area contributed by atoms with Crippen LogP contribution in [0.3, 0.4) is 0 Å². The second-order valence-corrected chi connectivity index (χ2v) is 1.40. The van der Waals surface area contributed by atoms with E-state index < -0.39 is 0 Å². The normalized spacial score (nSPS) is 8.71. The first-order valence-corrected chi connectivity index (χ1v) is 2.49. The van der Waals surface area contributed by atoms with Crippen LogP contribution in [0.25, 0.3) is 0 Å². The van der Waals surface area contributed by atoms with Crippen molar-refractivity contribution in [2.45, 2.75) is 6.42 Å². The summed E-state index contributed by atoms with van der Waals surface area (Å²) in [5.41, 5.74) is 0. The lowest BCUT2D eigenvalue weighted by Gasteiger charge is -1.90. The molecule has 2 heteroatoms. The van der Waals surface area contributed by atoms with Gasteiger partial charge in [0.05, 0.1) is 0 Å². The Morgan fingerprint density at radius 2 is 2.43 bits per heavy atom. The number of aliphatic imine (C=N–C) groups is 1. The molecule has 0 heterocycles. The average molecular weight is 100 g/mol. The molecule has 0 aromatic carbocycles. The predicted octanol–water partition coefficient (Wildman–Crippen LogP) is 0.297. The zero-order chi connectivity index (χ0) is 5.54. The van der Waals surface area contributed by atoms with E-state index in [1.54, 1.807) is 0 Å². The molecule has 7 heavy (non-hydrogen) atoms. The third-order valence-corrected chi connectivity index (χ3v) is 0.743. The highest BCUT2D eigenvalue weighted by molar-refractivity contribution is 5.22. The van der Waals surface area contributed by atoms with E-state index in [0.29, 0.717) is 0 Å². The summed E-state index contributed by atoms with van der Waals surface area (Å²) in [6, 6.07) is 0. The quantitative estimate of drug-likeness (QED) is 0.398. The smallest absolute Gasteiger partial charge is 0.0394 e. The zero-order valence-corrected chi connectivity index (χ0v) is 4.78. The summed E-state index contributed by atoms with van der Waals surface area (Å²) in [5, 5.41) is 3.01. The molecular formula is C5H12N2. The monoisotopic (exact) mass is 100 g/mol. The molecule has 0 spiro atoms. The molecule has 0 atom stereocenters. The summed E-state index contributed by atoms with van der Waals surface area (Å²) >= 11 is 0. The van der Waals surface area contributed by atoms with Gasteiger partial charge in [0.25, 0.3) is 0 Å². The molecule has 0 aliphatic rings. The lowest BCUT2D eigenvalue weighted by atomic mass is 10.4. The lowest BCUT2D eigenvalue weighted by molar-refractivity contribution is 0.736. The van der Waals surface area contributed by atoms with Gasteiger partial charge < -0.3 is 10.3 Å². The third-order valence-electron chi connectivity index (χ3n) is 0.743. The second-order valence-electron chi connectivity index (χ2n) is 1.40. The van der Waals surface area contributed by atoms with E-state index in [-0.39, 0.29) is 0 Å². The highest BCUT2D eigenvalue weighted by Crippen LogP contribution is 1.73. The molecule has 0 aromatic heterocycles. The Bertz CT molecular complexity index is 43.3. The van der Waals surface area contributed by atoms with Crippen molar-refractivity contribution in [2.24, 2.45) is 4.99 Å². The minimum absolute atomic E-state index is 0.876. The first kappa shape index (κ1) is 6.63. The van der Waals surface area contributed by atoms with Gasteiger partial charge in [0.2, 0.25) is 0 Å². The molecule has 0 saturated heterocycles. The number of hydrogen-bond donors (Lipinski definition) is 1. The first-order chi connectivity index (χ1) is 3.41. The molecule has 0 aliphatic carbocycles. The number of hydrogen-bond acceptors (Lipinski definition) is 2. The molecular weight excluding hydrogens is 88.1 g/mol. The zero-order valence-electron chi connectivity index (χ0n) is 4.78. The Morgan fingerprint density at radius 1 is 1.71 bits per heavy atom. The maximum Gasteiger partial charge on any atom is 0.0394 e. The molecule has 0 rings (SSSR count). The Kier molecular flexibility index (Phi) is 5.33. The van der Waals surface area contributed by atoms with Crippen LogP contribution in [-0.2, 0) is 0 Å². The summed E-state index contributed by atoms with van der Waals surface area (Å²) in [4.78, 5) is 3.68. The van der Waals surface area contributed by atoms with Crippen molar-refractivity contribution in [1.82, 2.24) is 5.32 Å². The maximum absolute atomic E-state index is 3.68. The highest BCUT2D eigenvalue weighted by atomic mass is 14.8. The van der Waals surface area contributed by atoms with Crippen molar-refractivity contribution < 1.29 is 0 Å². The van der Waals surface area contributed by atoms with Crippen molar-refractivity contribution >= 4 is 6.72 Å². The number of rotatable bonds is 4. The van der Waals surface area contributed by atoms with Crippen LogP contribution in [-0.4, -0.2) is 26.9 Å². The molecule has 1 N–H and O–H groups in total. The van der Waals surface area contributed by atoms with E-state index in [4.69, 9.17) is 0 Å². The lowest BCUT2D eigenvalue weighted by Crippen LogP contribution is -2.08. The first-order valence-electron chi connectivity index (χ1n) is 2.49. The molecule has 0 saturated carbocycles. The van der Waals surface area contributed by atoms with E-state index in [1.807, 2.05) is 7.05 Å². The molecule has 0 aromatic rings. The van der Waals surface area contributed by atoms with Crippen molar-refractivity contribution in [1.29, 1.82) is 0 Å². The summed E-state index contributed by atoms with van der Waals surface area (Å²) in [6.45, 7) is 5.27. The fraction of sp³-hybridized carbons (Fsp3) is 0.800. The molecule has 0 fully saturated rings. The fourth-order valence-electron chi connectivity index (χ4n) is 0.368. The van der Waals surface area contributed by atoms with Gasteiger partial charge in [-0.2, -0.15) is 0 Å². The van der Waals surface area contributed by atoms with Gasteiger partial charge in [-0.15, -0.1) is 0 Å². The van der Waals surface area contributed by atoms with Gasteiger partial charge in [0.15, 0.2) is 0 Å². The molecule has 0 bridgehead atoms. The van der Waals surface area contributed by atoms with E-state index >= 15 is 0 Å². The fourth-order valence-corrected chi connectivity index (χ4v) is 0.368. The van der Waals surface area contributed by atoms with Crippen molar-refractivity contribution in [3.05, 3.63) is 0 Å². The standard InChI is InChI=1S/C5H12N2/c1-6-4-3-5-7-2/h7H,1,3-5H2,2H3. The van der Waals surface area contributed by atoms with Gasteiger partial charge in [-0.1, -0.05) is 0 Å². The van der Waals surface area contributed by atoms with Gasteiger partial charge in [0.1, 0.15) is 0 Å². The Morgan fingerprint density at radius 3 is 2.86 bits per heavy atom. The largest absolute Gasteiger partial charge is 0.320 e. The minimum Gasteiger partial charge on any atom is -0.320 e. The summed E-state index contributed by atoms with van der Waals surface area (Å²) in [6.07, 6.45) is 1.10. The minimum atomic E-state index is 0.876. The third kappa shape index (κ3) is 5.63. The van der Waals surface area contributed by atoms with Gasteiger partial charge in [-0.25, -0.2) is 0 Å². The van der Waals surface area contributed by atoms with Crippen LogP contribution in [0.1, 0.15) is 6.42 Å². The van der Waals surface area contributed by atoms with Crippen molar-refractivity contribution in [2.75, 3.05) is 20.1 Å². The van der Waals surface area contributed by atoms with Crippen LogP contribution in [0.5, 0.6) is 0 Å². The SMILES string of the molecule is C=NCCCNC. The van der Waals surface area contributed by atoms with Gasteiger partial charge in [0, 0.05) is 6.54 Å². The topological polar surface area (TPSA) is 24.4 Å². The van der Waals surface area contributed by atoms with Crippen molar-refractivity contribution in [3.63, 3.8) is 0 Å². The van der Waals surface area contributed by atoms with Crippen LogP contribution in [0.2, 0.25) is 0 Å². The van der Waals surface area contributed by atoms with E-state index in [2.05, 4.69) is 17.0 Å². The van der Waals surface area contributed by atoms with E-state index in [1.165, 1.54) is 0 Å². The molecule has 42 valence electrons. The maximum atomic E-state index is 3.68. The number of nitrogens with zero attached hydrogens (tertiary/aromatic N) is 1. The Labute approximate surface area is 44.6 Å². The summed E-state index contributed by atoms with van der Waals surface area (Å²) in [5.74, 6) is 0. The summed E-state index contributed by atoms with van der Waals surface area (Å²) < 4.78 is 0.